The number of carbonyl (C=O) groups is 2. The van der Waals surface area contributed by atoms with Gasteiger partial charge in [-0.1, -0.05) is 42.5 Å². The van der Waals surface area contributed by atoms with E-state index in [4.69, 9.17) is 9.15 Å². The number of rotatable bonds is 5. The fourth-order valence-corrected chi connectivity index (χ4v) is 3.40. The number of furan rings is 1. The Hall–Kier alpha value is -3.80. The summed E-state index contributed by atoms with van der Waals surface area (Å²) in [7, 11) is 0. The van der Waals surface area contributed by atoms with Crippen LogP contribution >= 0.6 is 0 Å². The van der Waals surface area contributed by atoms with Crippen LogP contribution in [0.2, 0.25) is 0 Å². The summed E-state index contributed by atoms with van der Waals surface area (Å²) in [5.74, 6) is -0.134. The molecule has 4 aromatic rings. The van der Waals surface area contributed by atoms with Crippen molar-refractivity contribution in [3.63, 3.8) is 0 Å². The van der Waals surface area contributed by atoms with Crippen molar-refractivity contribution in [3.8, 4) is 5.75 Å². The molecule has 0 aliphatic heterocycles. The van der Waals surface area contributed by atoms with E-state index in [1.165, 1.54) is 0 Å². The Morgan fingerprint density at radius 2 is 1.77 bits per heavy atom. The molecule has 0 fully saturated rings. The van der Waals surface area contributed by atoms with Gasteiger partial charge in [0.15, 0.2) is 6.61 Å². The van der Waals surface area contributed by atoms with Crippen LogP contribution in [-0.2, 0) is 16.0 Å². The van der Waals surface area contributed by atoms with Gasteiger partial charge in [-0.25, -0.2) is 0 Å². The molecule has 6 heteroatoms. The fraction of sp³-hybridized carbons (Fsp3) is 0.167. The number of hydrazine groups is 1. The molecule has 152 valence electrons. The van der Waals surface area contributed by atoms with Gasteiger partial charge in [0, 0.05) is 10.9 Å². The van der Waals surface area contributed by atoms with E-state index in [-0.39, 0.29) is 18.9 Å². The monoisotopic (exact) mass is 402 g/mol. The Bertz CT molecular complexity index is 1240. The van der Waals surface area contributed by atoms with Crippen LogP contribution in [0.1, 0.15) is 16.7 Å². The van der Waals surface area contributed by atoms with E-state index in [2.05, 4.69) is 10.9 Å². The zero-order valence-electron chi connectivity index (χ0n) is 16.8. The molecule has 3 aromatic carbocycles. The minimum absolute atomic E-state index is 0.0825. The van der Waals surface area contributed by atoms with Crippen LogP contribution in [0, 0.1) is 13.8 Å². The summed E-state index contributed by atoms with van der Waals surface area (Å²) in [6, 6.07) is 17.6. The first-order valence-corrected chi connectivity index (χ1v) is 9.67. The quantitative estimate of drug-likeness (QED) is 0.495. The smallest absolute Gasteiger partial charge is 0.276 e. The number of carbonyl (C=O) groups excluding carboxylic acids is 2. The van der Waals surface area contributed by atoms with Crippen molar-refractivity contribution in [2.24, 2.45) is 0 Å². The Morgan fingerprint density at radius 1 is 0.967 bits per heavy atom. The number of hydrogen-bond acceptors (Lipinski definition) is 4. The molecule has 4 rings (SSSR count). The number of benzene rings is 3. The topological polar surface area (TPSA) is 80.6 Å². The largest absolute Gasteiger partial charge is 0.483 e. The molecule has 2 amide bonds. The molecule has 0 aliphatic carbocycles. The van der Waals surface area contributed by atoms with Crippen LogP contribution in [0.5, 0.6) is 5.75 Å². The highest BCUT2D eigenvalue weighted by Crippen LogP contribution is 2.30. The third-order valence-electron chi connectivity index (χ3n) is 4.93. The van der Waals surface area contributed by atoms with Gasteiger partial charge in [-0.2, -0.15) is 0 Å². The number of fused-ring (bicyclic) bond motifs is 3. The Labute approximate surface area is 173 Å². The molecule has 0 atom stereocenters. The average molecular weight is 402 g/mol. The van der Waals surface area contributed by atoms with Crippen molar-refractivity contribution in [3.05, 3.63) is 77.6 Å². The molecule has 0 bridgehead atoms. The molecule has 0 saturated carbocycles. The van der Waals surface area contributed by atoms with Crippen molar-refractivity contribution < 1.29 is 18.7 Å². The lowest BCUT2D eigenvalue weighted by molar-refractivity contribution is -0.129. The second kappa shape index (κ2) is 8.29. The van der Waals surface area contributed by atoms with Gasteiger partial charge in [0.2, 0.25) is 5.91 Å². The molecule has 6 nitrogen and oxygen atoms in total. The van der Waals surface area contributed by atoms with Gasteiger partial charge in [-0.3, -0.25) is 20.4 Å². The second-order valence-electron chi connectivity index (χ2n) is 7.25. The lowest BCUT2D eigenvalue weighted by Gasteiger charge is -2.11. The van der Waals surface area contributed by atoms with Gasteiger partial charge in [-0.15, -0.1) is 0 Å². The highest BCUT2D eigenvalue weighted by molar-refractivity contribution is 6.08. The summed E-state index contributed by atoms with van der Waals surface area (Å²) < 4.78 is 11.1. The third-order valence-corrected chi connectivity index (χ3v) is 4.93. The Balaban J connectivity index is 1.36. The van der Waals surface area contributed by atoms with E-state index in [9.17, 15) is 9.59 Å². The van der Waals surface area contributed by atoms with Crippen LogP contribution in [-0.4, -0.2) is 18.4 Å². The SMILES string of the molecule is Cc1ccc(C)c(OCC(=O)NNC(=O)Cc2coc3ccc4ccccc4c23)c1. The maximum Gasteiger partial charge on any atom is 0.276 e. The number of amides is 2. The molecule has 1 heterocycles. The first-order valence-electron chi connectivity index (χ1n) is 9.67. The minimum atomic E-state index is -0.438. The molecule has 0 radical (unpaired) electrons. The summed E-state index contributed by atoms with van der Waals surface area (Å²) in [6.45, 7) is 3.67. The summed E-state index contributed by atoms with van der Waals surface area (Å²) >= 11 is 0. The lowest BCUT2D eigenvalue weighted by Crippen LogP contribution is -2.44. The summed E-state index contributed by atoms with van der Waals surface area (Å²) in [6.07, 6.45) is 1.67. The second-order valence-corrected chi connectivity index (χ2v) is 7.25. The molecule has 30 heavy (non-hydrogen) atoms. The molecule has 2 N–H and O–H groups in total. The summed E-state index contributed by atoms with van der Waals surface area (Å²) in [5.41, 5.74) is 8.30. The number of nitrogens with one attached hydrogen (secondary N) is 2. The molecule has 0 aliphatic rings. The zero-order valence-corrected chi connectivity index (χ0v) is 16.8. The Morgan fingerprint density at radius 3 is 2.63 bits per heavy atom. The van der Waals surface area contributed by atoms with E-state index in [0.29, 0.717) is 5.75 Å². The fourth-order valence-electron chi connectivity index (χ4n) is 3.40. The predicted octanol–water partition coefficient (Wildman–Crippen LogP) is 3.97. The van der Waals surface area contributed by atoms with Gasteiger partial charge >= 0.3 is 0 Å². The van der Waals surface area contributed by atoms with Crippen molar-refractivity contribution in [2.45, 2.75) is 20.3 Å². The summed E-state index contributed by atoms with van der Waals surface area (Å²) in [5, 5.41) is 3.01. The van der Waals surface area contributed by atoms with Gasteiger partial charge < -0.3 is 9.15 Å². The van der Waals surface area contributed by atoms with E-state index < -0.39 is 5.91 Å². The lowest BCUT2D eigenvalue weighted by atomic mass is 10.0. The van der Waals surface area contributed by atoms with E-state index in [1.54, 1.807) is 6.26 Å². The zero-order chi connectivity index (χ0) is 21.1. The molecule has 0 saturated heterocycles. The average Bonchev–Trinajstić information content (AvgIpc) is 3.16. The molecular weight excluding hydrogens is 380 g/mol. The van der Waals surface area contributed by atoms with Crippen LogP contribution in [0.15, 0.2) is 65.3 Å². The predicted molar refractivity (Wildman–Crippen MR) is 115 cm³/mol. The minimum Gasteiger partial charge on any atom is -0.483 e. The molecule has 1 aromatic heterocycles. The van der Waals surface area contributed by atoms with Gasteiger partial charge in [0.25, 0.3) is 5.91 Å². The number of hydrogen-bond donors (Lipinski definition) is 2. The van der Waals surface area contributed by atoms with E-state index in [0.717, 1.165) is 38.4 Å². The van der Waals surface area contributed by atoms with Crippen LogP contribution < -0.4 is 15.6 Å². The maximum absolute atomic E-state index is 12.4. The van der Waals surface area contributed by atoms with Crippen LogP contribution in [0.3, 0.4) is 0 Å². The first-order chi connectivity index (χ1) is 14.5. The molecular formula is C24H22N2O4. The van der Waals surface area contributed by atoms with Gasteiger partial charge in [0.05, 0.1) is 12.7 Å². The maximum atomic E-state index is 12.4. The standard InChI is InChI=1S/C24H22N2O4/c1-15-7-8-16(2)21(11-15)30-14-23(28)26-25-22(27)12-18-13-29-20-10-9-17-5-3-4-6-19(17)24(18)20/h3-11,13H,12,14H2,1-2H3,(H,25,27)(H,26,28). The summed E-state index contributed by atoms with van der Waals surface area (Å²) in [4.78, 5) is 24.4. The van der Waals surface area contributed by atoms with Crippen LogP contribution in [0.4, 0.5) is 0 Å². The van der Waals surface area contributed by atoms with Crippen LogP contribution in [0.25, 0.3) is 21.7 Å². The number of ether oxygens (including phenoxy) is 1. The van der Waals surface area contributed by atoms with E-state index >= 15 is 0 Å². The molecule has 0 spiro atoms. The van der Waals surface area contributed by atoms with Gasteiger partial charge in [-0.05, 0) is 47.9 Å². The normalized spacial score (nSPS) is 10.9. The Kier molecular flexibility index (Phi) is 5.39. The van der Waals surface area contributed by atoms with E-state index in [1.807, 2.05) is 68.4 Å². The van der Waals surface area contributed by atoms with Crippen molar-refractivity contribution in [2.75, 3.05) is 6.61 Å². The van der Waals surface area contributed by atoms with Gasteiger partial charge in [0.1, 0.15) is 11.3 Å². The van der Waals surface area contributed by atoms with Crippen molar-refractivity contribution >= 4 is 33.6 Å². The molecule has 0 unspecified atom stereocenters. The third kappa shape index (κ3) is 4.12. The first kappa shape index (κ1) is 19.5. The van der Waals surface area contributed by atoms with Crippen molar-refractivity contribution in [1.82, 2.24) is 10.9 Å². The van der Waals surface area contributed by atoms with Crippen molar-refractivity contribution in [1.29, 1.82) is 0 Å². The highest BCUT2D eigenvalue weighted by atomic mass is 16.5. The number of aryl methyl sites for hydroxylation is 2. The highest BCUT2D eigenvalue weighted by Gasteiger charge is 2.14.